The third kappa shape index (κ3) is 8.73. The smallest absolute Gasteiger partial charge is 0.292 e. The number of nitrogens with one attached hydrogen (secondary N) is 3. The summed E-state index contributed by atoms with van der Waals surface area (Å²) in [6.45, 7) is 42.7. The Morgan fingerprint density at radius 1 is 0.875 bits per heavy atom. The number of likely N-dealkylation sites (tertiary alicyclic amines) is 1. The third-order valence-corrected chi connectivity index (χ3v) is 22.1. The molecule has 5 rings (SSSR count). The lowest BCUT2D eigenvalue weighted by Crippen LogP contribution is -2.78. The zero-order chi connectivity index (χ0) is 59.7. The first-order valence-electron chi connectivity index (χ1n) is 29.4. The van der Waals surface area contributed by atoms with Crippen LogP contribution in [0.4, 0.5) is 0 Å². The van der Waals surface area contributed by atoms with Crippen molar-refractivity contribution in [2.75, 3.05) is 7.05 Å². The van der Waals surface area contributed by atoms with Crippen LogP contribution >= 0.6 is 0 Å². The molecule has 0 aromatic carbocycles. The molecule has 5 amide bonds. The second kappa shape index (κ2) is 19.3. The van der Waals surface area contributed by atoms with Crippen LogP contribution in [0.2, 0.25) is 0 Å². The molecule has 13 heteroatoms. The van der Waals surface area contributed by atoms with Gasteiger partial charge in [-0.15, -0.1) is 0 Å². The van der Waals surface area contributed by atoms with E-state index in [4.69, 9.17) is 5.48 Å². The predicted molar refractivity (Wildman–Crippen MR) is 286 cm³/mol. The Morgan fingerprint density at radius 3 is 1.93 bits per heavy atom. The van der Waals surface area contributed by atoms with E-state index in [0.29, 0.717) is 24.2 Å². The largest absolute Gasteiger partial charge is 0.341 e. The highest BCUT2D eigenvalue weighted by Crippen LogP contribution is 2.67. The van der Waals surface area contributed by atoms with Gasteiger partial charge >= 0.3 is 0 Å². The lowest BCUT2D eigenvalue weighted by molar-refractivity contribution is -0.168. The molecule has 3 N–H and O–H groups in total. The van der Waals surface area contributed by atoms with Crippen LogP contribution < -0.4 is 16.0 Å². The lowest BCUT2D eigenvalue weighted by atomic mass is 9.46. The van der Waals surface area contributed by atoms with Crippen molar-refractivity contribution in [2.45, 2.75) is 239 Å². The van der Waals surface area contributed by atoms with E-state index in [1.807, 2.05) is 62.3 Å². The van der Waals surface area contributed by atoms with Crippen molar-refractivity contribution in [3.05, 3.63) is 23.3 Å². The Bertz CT molecular complexity index is 2540. The molecule has 3 saturated carbocycles. The van der Waals surface area contributed by atoms with E-state index < -0.39 is 121 Å². The van der Waals surface area contributed by atoms with E-state index in [-0.39, 0.29) is 35.4 Å². The van der Waals surface area contributed by atoms with Crippen molar-refractivity contribution in [2.24, 2.45) is 68.0 Å². The Hall–Kier alpha value is -3.90. The number of ketones is 1. The topological polar surface area (TPSA) is 171 Å². The summed E-state index contributed by atoms with van der Waals surface area (Å²) >= 11 is 0. The summed E-state index contributed by atoms with van der Waals surface area (Å²) in [6, 6.07) is -2.44. The molecule has 3 aliphatic carbocycles. The van der Waals surface area contributed by atoms with Crippen LogP contribution in [0.15, 0.2) is 6.20 Å². The summed E-state index contributed by atoms with van der Waals surface area (Å²) in [5, 5.41) is 9.42. The number of aromatic nitrogens is 2. The summed E-state index contributed by atoms with van der Waals surface area (Å²) in [6.07, 6.45) is -1.03. The van der Waals surface area contributed by atoms with Crippen molar-refractivity contribution in [3.8, 4) is 0 Å². The first-order valence-corrected chi connectivity index (χ1v) is 26.9. The van der Waals surface area contributed by atoms with Crippen LogP contribution in [0, 0.1) is 81.8 Å². The van der Waals surface area contributed by atoms with Crippen LogP contribution in [0.5, 0.6) is 0 Å². The molecular formula is C59H99N7O6. The minimum Gasteiger partial charge on any atom is -0.341 e. The second-order valence-electron chi connectivity index (χ2n) is 26.8. The van der Waals surface area contributed by atoms with Crippen LogP contribution in [-0.4, -0.2) is 96.9 Å². The molecule has 13 nitrogen and oxygen atoms in total. The summed E-state index contributed by atoms with van der Waals surface area (Å²) in [5.74, 6) is -8.87. The molecule has 4 fully saturated rings. The van der Waals surface area contributed by atoms with Gasteiger partial charge < -0.3 is 25.8 Å². The first-order chi connectivity index (χ1) is 34.4. The number of Topliss-reactive ketones (excluding diaryl/α,β-unsaturated/α-hetero) is 1. The molecule has 1 aromatic rings. The number of hydrogen-bond acceptors (Lipinski definition) is 8. The monoisotopic (exact) mass is 1010 g/mol. The number of carbonyl (C=O) groups excluding carboxylic acids is 6. The first kappa shape index (κ1) is 51.6. The Labute approximate surface area is 442 Å². The summed E-state index contributed by atoms with van der Waals surface area (Å²) in [7, 11) is 1.46. The van der Waals surface area contributed by atoms with Crippen molar-refractivity contribution in [1.82, 2.24) is 35.7 Å². The molecule has 1 aliphatic heterocycles. The molecule has 406 valence electrons. The van der Waals surface area contributed by atoms with Gasteiger partial charge in [0.25, 0.3) is 11.8 Å². The highest BCUT2D eigenvalue weighted by molar-refractivity contribution is 6.40. The average Bonchev–Trinajstić information content (AvgIpc) is 3.95. The Balaban J connectivity index is 1.82. The third-order valence-electron chi connectivity index (χ3n) is 22.1. The fraction of sp³-hybridized carbons (Fsp3) is 0.831. The van der Waals surface area contributed by atoms with Crippen molar-refractivity contribution >= 4 is 35.3 Å². The normalized spacial score (nSPS) is 34.3. The van der Waals surface area contributed by atoms with Gasteiger partial charge in [-0.3, -0.25) is 33.8 Å². The van der Waals surface area contributed by atoms with Crippen molar-refractivity contribution in [1.29, 1.82) is 0 Å². The van der Waals surface area contributed by atoms with Crippen molar-refractivity contribution < 1.29 is 35.6 Å². The van der Waals surface area contributed by atoms with Crippen LogP contribution in [0.25, 0.3) is 0 Å². The fourth-order valence-corrected chi connectivity index (χ4v) is 14.7. The van der Waals surface area contributed by atoms with Gasteiger partial charge in [-0.2, -0.15) is 0 Å². The highest BCUT2D eigenvalue weighted by atomic mass is 16.2. The van der Waals surface area contributed by atoms with Crippen LogP contribution in [0.1, 0.15) is 219 Å². The number of fused-ring (bicyclic) bond motifs is 1. The van der Waals surface area contributed by atoms with E-state index in [1.165, 1.54) is 18.1 Å². The standard InChI is InChI=1S/C59H99N7O6/c1-25-27-35(5)55(19,45(67)48(70)65(24)43-30-34(43)4)62-47(69)44-41-31-37(7)53(16,17)54(41,18)40(10)66(44)50(72)59(23,56(20,33(2)3)51(11,12)13)64-49(71)58(22,57(21)36(6)28-26-29-52(57,14)15)63-46(68)42-32-60-38(8)39(9)61-42/h32-37,40-41,43-44H,25-31H2,1-24H3,(H,62,69)(H,63,68)(H,64,71)/t34?,35?,36?,37?,40?,41-,43?,44+,54+,55+,56?,57?,58-,59-/m1/s1/i25D2,27D2,35D. The quantitative estimate of drug-likeness (QED) is 0.137. The van der Waals surface area contributed by atoms with Gasteiger partial charge in [-0.25, -0.2) is 4.98 Å². The zero-order valence-electron chi connectivity index (χ0n) is 54.0. The summed E-state index contributed by atoms with van der Waals surface area (Å²) in [5.41, 5.74) is -9.79. The molecule has 0 spiro atoms. The summed E-state index contributed by atoms with van der Waals surface area (Å²) in [4.78, 5) is 106. The maximum atomic E-state index is 17.1. The van der Waals surface area contributed by atoms with E-state index in [9.17, 15) is 11.0 Å². The van der Waals surface area contributed by atoms with Gasteiger partial charge in [0.15, 0.2) is 0 Å². The van der Waals surface area contributed by atoms with E-state index in [1.54, 1.807) is 32.6 Å². The number of carbonyl (C=O) groups is 6. The summed E-state index contributed by atoms with van der Waals surface area (Å²) < 4.78 is 45.4. The Kier molecular flexibility index (Phi) is 13.9. The maximum Gasteiger partial charge on any atom is 0.292 e. The SMILES string of the molecule is [2H]C([2H])(C)C([2H])([2H])C([2H])(C)[C@](C)(NC(=O)[C@@H]1[C@H]2CC(C)C(C)(C)[C@@]2(C)C(C)N1C(=O)[C@@](C)(NC(=O)[C@@](C)(NC(=O)c1cnc(C)c(C)n1)C1(C)C(C)CCCC1(C)C)C(C)(C(C)C)C(C)(C)C)C(=O)C(=O)N(C)C1CC1C. The average molecular weight is 1010 g/mol. The van der Waals surface area contributed by atoms with E-state index in [0.717, 1.165) is 40.0 Å². The molecule has 72 heavy (non-hydrogen) atoms. The number of amides is 5. The maximum absolute atomic E-state index is 17.1. The van der Waals surface area contributed by atoms with E-state index in [2.05, 4.69) is 74.4 Å². The molecule has 0 bridgehead atoms. The van der Waals surface area contributed by atoms with Crippen molar-refractivity contribution in [3.63, 3.8) is 0 Å². The minimum absolute atomic E-state index is 0.00804. The molecular weight excluding hydrogens is 903 g/mol. The molecule has 8 unspecified atom stereocenters. The van der Waals surface area contributed by atoms with Gasteiger partial charge in [0, 0.05) is 36.8 Å². The van der Waals surface area contributed by atoms with Gasteiger partial charge in [0.2, 0.25) is 23.5 Å². The number of rotatable bonds is 16. The van der Waals surface area contributed by atoms with Gasteiger partial charge in [-0.1, -0.05) is 137 Å². The van der Waals surface area contributed by atoms with Gasteiger partial charge in [0.1, 0.15) is 28.4 Å². The molecule has 4 aliphatic rings. The molecule has 1 aromatic heterocycles. The molecule has 0 radical (unpaired) electrons. The second-order valence-corrected chi connectivity index (χ2v) is 26.8. The van der Waals surface area contributed by atoms with Crippen LogP contribution in [-0.2, 0) is 24.0 Å². The predicted octanol–water partition coefficient (Wildman–Crippen LogP) is 10.1. The number of hydrogen-bond donors (Lipinski definition) is 3. The van der Waals surface area contributed by atoms with E-state index >= 15 is 19.2 Å². The number of likely N-dealkylation sites (N-methyl/N-ethyl adjacent to an activating group) is 1. The van der Waals surface area contributed by atoms with Gasteiger partial charge in [0.05, 0.1) is 17.6 Å². The highest BCUT2D eigenvalue weighted by Gasteiger charge is 2.72. The molecule has 2 heterocycles. The minimum atomic E-state index is -3.15. The van der Waals surface area contributed by atoms with Gasteiger partial charge in [-0.05, 0) is 124 Å². The zero-order valence-corrected chi connectivity index (χ0v) is 49.0. The lowest BCUT2D eigenvalue weighted by Gasteiger charge is -2.62. The van der Waals surface area contributed by atoms with Crippen LogP contribution in [0.3, 0.4) is 0 Å². The number of nitrogens with zero attached hydrogens (tertiary/aromatic N) is 4. The fourth-order valence-electron chi connectivity index (χ4n) is 14.7. The molecule has 1 saturated heterocycles. The molecule has 14 atom stereocenters. The number of aryl methyl sites for hydroxylation is 2. The Morgan fingerprint density at radius 2 is 1.44 bits per heavy atom.